The van der Waals surface area contributed by atoms with Crippen LogP contribution in [0.5, 0.6) is 0 Å². The molecule has 1 heterocycles. The lowest BCUT2D eigenvalue weighted by atomic mass is 10.6. The molecule has 0 aromatic carbocycles. The molecule has 0 radical (unpaired) electrons. The number of rotatable bonds is 1. The van der Waals surface area contributed by atoms with E-state index in [9.17, 15) is 19.2 Å². The topological polar surface area (TPSA) is 116 Å². The predicted molar refractivity (Wildman–Crippen MR) is 57.4 cm³/mol. The molecule has 0 amide bonds. The lowest BCUT2D eigenvalue weighted by Crippen LogP contribution is -2.27. The van der Waals surface area contributed by atoms with Gasteiger partial charge in [0.05, 0.1) is 7.11 Å². The third-order valence-electron chi connectivity index (χ3n) is 1.06. The van der Waals surface area contributed by atoms with E-state index in [1.165, 1.54) is 21.0 Å². The van der Waals surface area contributed by atoms with Crippen molar-refractivity contribution in [3.8, 4) is 0 Å². The Balaban J connectivity index is 0. The highest BCUT2D eigenvalue weighted by Crippen LogP contribution is 1.90. The summed E-state index contributed by atoms with van der Waals surface area (Å²) in [4.78, 5) is 39.4. The lowest BCUT2D eigenvalue weighted by Gasteiger charge is -2.09. The molecule has 0 aromatic rings. The Bertz CT molecular complexity index is 258. The van der Waals surface area contributed by atoms with Gasteiger partial charge >= 0.3 is 17.9 Å². The lowest BCUT2D eigenvalue weighted by molar-refractivity contribution is -0.174. The zero-order chi connectivity index (χ0) is 14.6. The molecular weight excluding hydrogens is 248 g/mol. The van der Waals surface area contributed by atoms with E-state index in [1.807, 2.05) is 0 Å². The minimum atomic E-state index is -0.602. The second-order valence-electron chi connectivity index (χ2n) is 2.96. The van der Waals surface area contributed by atoms with Crippen molar-refractivity contribution >= 4 is 23.7 Å². The Morgan fingerprint density at radius 3 is 1.61 bits per heavy atom. The van der Waals surface area contributed by atoms with Crippen molar-refractivity contribution in [2.75, 3.05) is 26.9 Å². The Hall–Kier alpha value is -1.96. The molecule has 8 heteroatoms. The number of aliphatic hydroxyl groups is 1. The first kappa shape index (κ1) is 18.4. The normalized spacial score (nSPS) is 12.7. The van der Waals surface area contributed by atoms with E-state index < -0.39 is 24.5 Å². The molecule has 1 N–H and O–H groups in total. The van der Waals surface area contributed by atoms with Crippen molar-refractivity contribution in [1.82, 2.24) is 0 Å². The molecule has 1 aliphatic rings. The Morgan fingerprint density at radius 1 is 1.17 bits per heavy atom. The van der Waals surface area contributed by atoms with Crippen LogP contribution in [0.15, 0.2) is 0 Å². The minimum absolute atomic E-state index is 0.167. The fourth-order valence-corrected chi connectivity index (χ4v) is 0.427. The highest BCUT2D eigenvalue weighted by molar-refractivity contribution is 5.82. The van der Waals surface area contributed by atoms with Gasteiger partial charge < -0.3 is 24.1 Å². The average molecular weight is 264 g/mol. The summed E-state index contributed by atoms with van der Waals surface area (Å²) >= 11 is 0. The zero-order valence-corrected chi connectivity index (χ0v) is 10.4. The molecule has 0 aromatic heterocycles. The minimum Gasteiger partial charge on any atom is -0.467 e. The van der Waals surface area contributed by atoms with Crippen LogP contribution in [0, 0.1) is 0 Å². The van der Waals surface area contributed by atoms with Crippen LogP contribution in [-0.2, 0) is 33.4 Å². The van der Waals surface area contributed by atoms with Crippen LogP contribution in [0.1, 0.15) is 13.8 Å². The van der Waals surface area contributed by atoms with Crippen molar-refractivity contribution in [3.05, 3.63) is 0 Å². The van der Waals surface area contributed by atoms with Gasteiger partial charge in [-0.2, -0.15) is 0 Å². The zero-order valence-electron chi connectivity index (χ0n) is 10.4. The molecule has 18 heavy (non-hydrogen) atoms. The summed E-state index contributed by atoms with van der Waals surface area (Å²) in [5, 5.41) is 7.86. The van der Waals surface area contributed by atoms with Crippen molar-refractivity contribution in [1.29, 1.82) is 0 Å². The largest absolute Gasteiger partial charge is 0.467 e. The maximum Gasteiger partial charge on any atom is 0.344 e. The molecule has 0 bridgehead atoms. The number of esters is 3. The molecule has 0 atom stereocenters. The van der Waals surface area contributed by atoms with E-state index in [2.05, 4.69) is 14.2 Å². The first-order valence-electron chi connectivity index (χ1n) is 4.79. The highest BCUT2D eigenvalue weighted by atomic mass is 16.6. The fraction of sp³-hybridized carbons (Fsp3) is 0.600. The molecule has 1 aliphatic heterocycles. The molecular formula is C10H16O8. The second-order valence-corrected chi connectivity index (χ2v) is 2.96. The summed E-state index contributed by atoms with van der Waals surface area (Å²) in [5.41, 5.74) is 0. The van der Waals surface area contributed by atoms with Gasteiger partial charge in [-0.05, 0) is 13.8 Å². The monoisotopic (exact) mass is 264 g/mol. The number of carbonyl (C=O) groups is 4. The number of Topliss-reactive ketones (excluding diaryl/α,β-unsaturated/α-hetero) is 1. The third-order valence-corrected chi connectivity index (χ3v) is 1.06. The number of methoxy groups -OCH3 is 1. The van der Waals surface area contributed by atoms with E-state index in [1.54, 1.807) is 0 Å². The van der Waals surface area contributed by atoms with Crippen molar-refractivity contribution in [3.63, 3.8) is 0 Å². The number of hydrogen-bond acceptors (Lipinski definition) is 8. The van der Waals surface area contributed by atoms with Gasteiger partial charge in [0.1, 0.15) is 12.4 Å². The first-order chi connectivity index (χ1) is 8.33. The van der Waals surface area contributed by atoms with Crippen molar-refractivity contribution < 1.29 is 38.5 Å². The van der Waals surface area contributed by atoms with Gasteiger partial charge in [-0.15, -0.1) is 0 Å². The molecule has 1 saturated heterocycles. The molecule has 1 rings (SSSR count). The maximum atomic E-state index is 10.1. The predicted octanol–water partition coefficient (Wildman–Crippen LogP) is -1.17. The van der Waals surface area contributed by atoms with Gasteiger partial charge in [-0.1, -0.05) is 0 Å². The number of aliphatic hydroxyl groups excluding tert-OH is 1. The molecule has 1 fully saturated rings. The van der Waals surface area contributed by atoms with E-state index in [-0.39, 0.29) is 19.0 Å². The number of hydrogen-bond donors (Lipinski definition) is 1. The summed E-state index contributed by atoms with van der Waals surface area (Å²) in [6.45, 7) is 2.05. The van der Waals surface area contributed by atoms with Crippen LogP contribution in [-0.4, -0.2) is 55.7 Å². The highest BCUT2D eigenvalue weighted by Gasteiger charge is 2.16. The van der Waals surface area contributed by atoms with Gasteiger partial charge in [0.15, 0.2) is 13.2 Å². The number of ketones is 1. The summed E-state index contributed by atoms with van der Waals surface area (Å²) < 4.78 is 12.6. The smallest absolute Gasteiger partial charge is 0.344 e. The molecule has 0 saturated carbocycles. The van der Waals surface area contributed by atoms with E-state index in [0.717, 1.165) is 0 Å². The first-order valence-corrected chi connectivity index (χ1v) is 4.79. The van der Waals surface area contributed by atoms with Gasteiger partial charge in [-0.25, -0.2) is 14.4 Å². The molecule has 0 spiro atoms. The number of ether oxygens (including phenoxy) is 3. The number of cyclic esters (lactones) is 2. The Labute approximate surface area is 104 Å². The van der Waals surface area contributed by atoms with Gasteiger partial charge in [-0.3, -0.25) is 0 Å². The molecule has 0 aliphatic carbocycles. The van der Waals surface area contributed by atoms with E-state index >= 15 is 0 Å². The maximum absolute atomic E-state index is 10.1. The molecule has 8 nitrogen and oxygen atoms in total. The average Bonchev–Trinajstić information content (AvgIpc) is 2.32. The van der Waals surface area contributed by atoms with Crippen LogP contribution in [0.3, 0.4) is 0 Å². The Kier molecular flexibility index (Phi) is 11.8. The van der Waals surface area contributed by atoms with Crippen LogP contribution >= 0.6 is 0 Å². The quantitative estimate of drug-likeness (QED) is 0.465. The summed E-state index contributed by atoms with van der Waals surface area (Å²) in [6, 6.07) is 0. The fourth-order valence-electron chi connectivity index (χ4n) is 0.427. The van der Waals surface area contributed by atoms with Crippen LogP contribution < -0.4 is 0 Å². The molecule has 104 valence electrons. The SMILES string of the molecule is CC(C)=O.COC(=O)CO.O=C1COC(=O)CO1. The van der Waals surface area contributed by atoms with Gasteiger partial charge in [0, 0.05) is 0 Å². The third kappa shape index (κ3) is 16.5. The van der Waals surface area contributed by atoms with Crippen LogP contribution in [0.2, 0.25) is 0 Å². The second kappa shape index (κ2) is 11.5. The van der Waals surface area contributed by atoms with Crippen LogP contribution in [0.4, 0.5) is 0 Å². The summed E-state index contributed by atoms with van der Waals surface area (Å²) in [7, 11) is 1.22. The summed E-state index contributed by atoms with van der Waals surface area (Å²) in [6.07, 6.45) is 0. The van der Waals surface area contributed by atoms with Gasteiger partial charge in [0.2, 0.25) is 0 Å². The van der Waals surface area contributed by atoms with Crippen molar-refractivity contribution in [2.45, 2.75) is 13.8 Å². The van der Waals surface area contributed by atoms with Crippen molar-refractivity contribution in [2.24, 2.45) is 0 Å². The van der Waals surface area contributed by atoms with Gasteiger partial charge in [0.25, 0.3) is 0 Å². The standard InChI is InChI=1S/C4H4O4.C3H6O3.C3H6O/c5-3-1-7-4(6)2-8-3;1-6-3(5)2-4;1-3(2)4/h1-2H2;4H,2H2,1H3;1-2H3. The number of carbonyl (C=O) groups excluding carboxylic acids is 4. The van der Waals surface area contributed by atoms with Crippen LogP contribution in [0.25, 0.3) is 0 Å². The Morgan fingerprint density at radius 2 is 1.50 bits per heavy atom. The van der Waals surface area contributed by atoms with E-state index in [0.29, 0.717) is 0 Å². The molecule has 0 unspecified atom stereocenters. The van der Waals surface area contributed by atoms with E-state index in [4.69, 9.17) is 5.11 Å². The summed E-state index contributed by atoms with van der Waals surface area (Å²) in [5.74, 6) is -1.40.